The summed E-state index contributed by atoms with van der Waals surface area (Å²) in [5, 5.41) is 5.67. The van der Waals surface area contributed by atoms with E-state index in [9.17, 15) is 9.59 Å². The predicted molar refractivity (Wildman–Crippen MR) is 79.0 cm³/mol. The standard InChI is InChI=1S/C14H20N2O3S/c1-3-10(4-2)13(17)15-8-11-9-16(14(18)19-11)12-6-5-7-20-12/h5-7,10-11H,3-4,8-9H2,1-2H3,(H,15,17). The van der Waals surface area contributed by atoms with Crippen LogP contribution in [0.4, 0.5) is 9.80 Å². The van der Waals surface area contributed by atoms with Gasteiger partial charge in [0.2, 0.25) is 5.91 Å². The van der Waals surface area contributed by atoms with Gasteiger partial charge in [-0.1, -0.05) is 13.8 Å². The van der Waals surface area contributed by atoms with Crippen LogP contribution in [-0.2, 0) is 9.53 Å². The largest absolute Gasteiger partial charge is 0.442 e. The predicted octanol–water partition coefficient (Wildman–Crippen LogP) is 2.63. The highest BCUT2D eigenvalue weighted by atomic mass is 32.1. The zero-order valence-electron chi connectivity index (χ0n) is 11.8. The molecule has 0 aliphatic carbocycles. The number of cyclic esters (lactones) is 1. The lowest BCUT2D eigenvalue weighted by atomic mass is 10.0. The van der Waals surface area contributed by atoms with Gasteiger partial charge in [0.1, 0.15) is 11.1 Å². The first-order valence-corrected chi connectivity index (χ1v) is 7.83. The summed E-state index contributed by atoms with van der Waals surface area (Å²) in [4.78, 5) is 25.3. The molecular formula is C14H20N2O3S. The molecule has 6 heteroatoms. The van der Waals surface area contributed by atoms with Crippen LogP contribution >= 0.6 is 11.3 Å². The lowest BCUT2D eigenvalue weighted by molar-refractivity contribution is -0.125. The van der Waals surface area contributed by atoms with E-state index in [0.717, 1.165) is 17.8 Å². The maximum atomic E-state index is 11.9. The number of hydrogen-bond acceptors (Lipinski definition) is 4. The summed E-state index contributed by atoms with van der Waals surface area (Å²) in [6, 6.07) is 3.78. The van der Waals surface area contributed by atoms with E-state index in [1.54, 1.807) is 4.90 Å². The van der Waals surface area contributed by atoms with Crippen molar-refractivity contribution in [2.75, 3.05) is 18.0 Å². The second kappa shape index (κ2) is 6.74. The molecule has 20 heavy (non-hydrogen) atoms. The average Bonchev–Trinajstić information content (AvgIpc) is 3.07. The monoisotopic (exact) mass is 296 g/mol. The van der Waals surface area contributed by atoms with Gasteiger partial charge in [-0.05, 0) is 30.4 Å². The van der Waals surface area contributed by atoms with Crippen LogP contribution in [0.3, 0.4) is 0 Å². The summed E-state index contributed by atoms with van der Waals surface area (Å²) in [6.45, 7) is 4.87. The Bertz CT molecular complexity index is 457. The van der Waals surface area contributed by atoms with Crippen LogP contribution in [0.25, 0.3) is 0 Å². The molecule has 1 N–H and O–H groups in total. The summed E-state index contributed by atoms with van der Waals surface area (Å²) >= 11 is 1.50. The van der Waals surface area contributed by atoms with E-state index >= 15 is 0 Å². The molecule has 0 saturated carbocycles. The first-order chi connectivity index (χ1) is 9.65. The molecule has 1 aromatic rings. The molecule has 0 radical (unpaired) electrons. The van der Waals surface area contributed by atoms with Gasteiger partial charge in [-0.25, -0.2) is 4.79 Å². The topological polar surface area (TPSA) is 58.6 Å². The Morgan fingerprint density at radius 2 is 2.30 bits per heavy atom. The fourth-order valence-electron chi connectivity index (χ4n) is 2.25. The van der Waals surface area contributed by atoms with Crippen molar-refractivity contribution in [1.82, 2.24) is 5.32 Å². The first-order valence-electron chi connectivity index (χ1n) is 6.95. The molecule has 0 bridgehead atoms. The van der Waals surface area contributed by atoms with Crippen LogP contribution < -0.4 is 10.2 Å². The van der Waals surface area contributed by atoms with Crippen molar-refractivity contribution in [1.29, 1.82) is 0 Å². The van der Waals surface area contributed by atoms with Gasteiger partial charge >= 0.3 is 6.09 Å². The number of nitrogens with zero attached hydrogens (tertiary/aromatic N) is 1. The van der Waals surface area contributed by atoms with E-state index in [0.29, 0.717) is 13.1 Å². The minimum Gasteiger partial charge on any atom is -0.442 e. The van der Waals surface area contributed by atoms with Gasteiger partial charge in [-0.3, -0.25) is 9.69 Å². The summed E-state index contributed by atoms with van der Waals surface area (Å²) in [6.07, 6.45) is 1.04. The van der Waals surface area contributed by atoms with Gasteiger partial charge in [0.25, 0.3) is 0 Å². The zero-order chi connectivity index (χ0) is 14.5. The van der Waals surface area contributed by atoms with E-state index in [2.05, 4.69) is 5.32 Å². The van der Waals surface area contributed by atoms with Gasteiger partial charge in [0, 0.05) is 5.92 Å². The maximum absolute atomic E-state index is 11.9. The van der Waals surface area contributed by atoms with Gasteiger partial charge < -0.3 is 10.1 Å². The third-order valence-corrected chi connectivity index (χ3v) is 4.40. The minimum atomic E-state index is -0.339. The summed E-state index contributed by atoms with van der Waals surface area (Å²) in [5.41, 5.74) is 0. The summed E-state index contributed by atoms with van der Waals surface area (Å²) in [5.74, 6) is 0.0844. The van der Waals surface area contributed by atoms with Crippen molar-refractivity contribution in [3.63, 3.8) is 0 Å². The fourth-order valence-corrected chi connectivity index (χ4v) is 2.98. The molecule has 1 aliphatic heterocycles. The number of anilines is 1. The van der Waals surface area contributed by atoms with Gasteiger partial charge in [0.15, 0.2) is 0 Å². The number of rotatable bonds is 6. The lowest BCUT2D eigenvalue weighted by Gasteiger charge is -2.15. The molecule has 1 unspecified atom stereocenters. The Balaban J connectivity index is 1.84. The molecule has 1 aromatic heterocycles. The van der Waals surface area contributed by atoms with E-state index in [4.69, 9.17) is 4.74 Å². The number of thiophene rings is 1. The third-order valence-electron chi connectivity index (χ3n) is 3.51. The van der Waals surface area contributed by atoms with Crippen LogP contribution in [0, 0.1) is 5.92 Å². The fraction of sp³-hybridized carbons (Fsp3) is 0.571. The Morgan fingerprint density at radius 1 is 1.55 bits per heavy atom. The Hall–Kier alpha value is -1.56. The summed E-state index contributed by atoms with van der Waals surface area (Å²) in [7, 11) is 0. The molecular weight excluding hydrogens is 276 g/mol. The Kier molecular flexibility index (Phi) is 5.00. The van der Waals surface area contributed by atoms with E-state index in [-0.39, 0.29) is 24.0 Å². The second-order valence-corrected chi connectivity index (χ2v) is 5.75. The number of carbonyl (C=O) groups is 2. The lowest BCUT2D eigenvalue weighted by Crippen LogP contribution is -2.37. The quantitative estimate of drug-likeness (QED) is 0.878. The molecule has 1 aliphatic rings. The molecule has 110 valence electrons. The molecule has 1 saturated heterocycles. The molecule has 1 fully saturated rings. The molecule has 0 spiro atoms. The second-order valence-electron chi connectivity index (χ2n) is 4.83. The van der Waals surface area contributed by atoms with Gasteiger partial charge in [0.05, 0.1) is 13.1 Å². The minimum absolute atomic E-state index is 0.0421. The van der Waals surface area contributed by atoms with Gasteiger partial charge in [-0.15, -0.1) is 11.3 Å². The number of ether oxygens (including phenoxy) is 1. The highest BCUT2D eigenvalue weighted by Crippen LogP contribution is 2.26. The number of carbonyl (C=O) groups excluding carboxylic acids is 2. The van der Waals surface area contributed by atoms with E-state index in [1.807, 2.05) is 31.4 Å². The highest BCUT2D eigenvalue weighted by molar-refractivity contribution is 7.14. The Morgan fingerprint density at radius 3 is 2.90 bits per heavy atom. The van der Waals surface area contributed by atoms with Crippen molar-refractivity contribution in [3.05, 3.63) is 17.5 Å². The molecule has 2 rings (SSSR count). The van der Waals surface area contributed by atoms with Crippen molar-refractivity contribution in [3.8, 4) is 0 Å². The zero-order valence-corrected chi connectivity index (χ0v) is 12.6. The van der Waals surface area contributed by atoms with E-state index in [1.165, 1.54) is 11.3 Å². The molecule has 2 heterocycles. The number of nitrogens with one attached hydrogen (secondary N) is 1. The first kappa shape index (κ1) is 14.8. The van der Waals surface area contributed by atoms with Crippen molar-refractivity contribution >= 4 is 28.3 Å². The van der Waals surface area contributed by atoms with Crippen LogP contribution in [0.2, 0.25) is 0 Å². The number of amides is 2. The molecule has 2 amide bonds. The van der Waals surface area contributed by atoms with Crippen molar-refractivity contribution in [2.45, 2.75) is 32.8 Å². The van der Waals surface area contributed by atoms with Crippen LogP contribution in [0.5, 0.6) is 0 Å². The highest BCUT2D eigenvalue weighted by Gasteiger charge is 2.33. The maximum Gasteiger partial charge on any atom is 0.415 e. The molecule has 0 aromatic carbocycles. The SMILES string of the molecule is CCC(CC)C(=O)NCC1CN(c2cccs2)C(=O)O1. The number of hydrogen-bond donors (Lipinski definition) is 1. The van der Waals surface area contributed by atoms with Gasteiger partial charge in [-0.2, -0.15) is 0 Å². The third kappa shape index (κ3) is 3.30. The van der Waals surface area contributed by atoms with Crippen molar-refractivity contribution < 1.29 is 14.3 Å². The Labute approximate surface area is 122 Å². The molecule has 1 atom stereocenters. The average molecular weight is 296 g/mol. The van der Waals surface area contributed by atoms with E-state index < -0.39 is 0 Å². The normalized spacial score (nSPS) is 18.4. The van der Waals surface area contributed by atoms with Crippen LogP contribution in [-0.4, -0.2) is 31.2 Å². The van der Waals surface area contributed by atoms with Crippen LogP contribution in [0.1, 0.15) is 26.7 Å². The van der Waals surface area contributed by atoms with Crippen LogP contribution in [0.15, 0.2) is 17.5 Å². The van der Waals surface area contributed by atoms with Crippen molar-refractivity contribution in [2.24, 2.45) is 5.92 Å². The summed E-state index contributed by atoms with van der Waals surface area (Å²) < 4.78 is 5.27. The molecule has 5 nitrogen and oxygen atoms in total. The smallest absolute Gasteiger partial charge is 0.415 e.